The Kier molecular flexibility index (Phi) is 7.06. The molecule has 0 saturated heterocycles. The summed E-state index contributed by atoms with van der Waals surface area (Å²) in [6.45, 7) is 7.66. The molecule has 0 spiro atoms. The summed E-state index contributed by atoms with van der Waals surface area (Å²) in [5.41, 5.74) is -2.08. The van der Waals surface area contributed by atoms with E-state index < -0.39 is 57.7 Å². The maximum atomic E-state index is 13.2. The highest BCUT2D eigenvalue weighted by molar-refractivity contribution is 5.88. The molecule has 0 N–H and O–H groups in total. The van der Waals surface area contributed by atoms with Crippen LogP contribution in [0.25, 0.3) is 0 Å². The Bertz CT molecular complexity index is 1330. The average Bonchev–Trinajstić information content (AvgIpc) is 2.91. The number of cyclic esters (lactones) is 2. The van der Waals surface area contributed by atoms with E-state index in [-0.39, 0.29) is 39.6 Å². The van der Waals surface area contributed by atoms with Crippen LogP contribution in [0.1, 0.15) is 51.7 Å². The van der Waals surface area contributed by atoms with Gasteiger partial charge in [0.2, 0.25) is 0 Å². The van der Waals surface area contributed by atoms with Gasteiger partial charge in [-0.1, -0.05) is 18.2 Å². The van der Waals surface area contributed by atoms with Crippen molar-refractivity contribution in [3.63, 3.8) is 0 Å². The van der Waals surface area contributed by atoms with E-state index in [0.29, 0.717) is 24.4 Å². The molecule has 1 aromatic carbocycles. The number of fused-ring (bicyclic) bond motifs is 2. The lowest BCUT2D eigenvalue weighted by Crippen LogP contribution is -2.66. The molecule has 2 aliphatic carbocycles. The summed E-state index contributed by atoms with van der Waals surface area (Å²) in [7, 11) is 0. The first kappa shape index (κ1) is 29.2. The fourth-order valence-corrected chi connectivity index (χ4v) is 7.88. The number of hydrogen-bond acceptors (Lipinski definition) is 11. The third-order valence-corrected chi connectivity index (χ3v) is 9.35. The molecule has 3 aliphatic heterocycles. The molecule has 2 bridgehead atoms. The first-order chi connectivity index (χ1) is 20.4. The van der Waals surface area contributed by atoms with Crippen molar-refractivity contribution >= 4 is 23.9 Å². The second-order valence-corrected chi connectivity index (χ2v) is 12.9. The van der Waals surface area contributed by atoms with Gasteiger partial charge in [0.1, 0.15) is 49.1 Å². The van der Waals surface area contributed by atoms with E-state index in [0.717, 1.165) is 11.1 Å². The number of carbonyl (C=O) groups excluding carboxylic acids is 4. The fourth-order valence-electron chi connectivity index (χ4n) is 7.88. The molecule has 0 unspecified atom stereocenters. The summed E-state index contributed by atoms with van der Waals surface area (Å²) in [6.07, 6.45) is 3.19. The monoisotopic (exact) mass is 596 g/mol. The molecule has 6 atom stereocenters. The van der Waals surface area contributed by atoms with Gasteiger partial charge >= 0.3 is 23.9 Å². The quantitative estimate of drug-likeness (QED) is 0.323. The molecule has 0 aromatic heterocycles. The fraction of sp³-hybridized carbons (Fsp3) is 0.562. The molecular formula is C32H36O11. The molecule has 5 aliphatic rings. The second kappa shape index (κ2) is 10.4. The minimum Gasteiger partial charge on any atom is -0.492 e. The number of rotatable bonds is 0. The topological polar surface area (TPSA) is 133 Å². The van der Waals surface area contributed by atoms with Gasteiger partial charge in [-0.25, -0.2) is 9.59 Å². The van der Waals surface area contributed by atoms with E-state index in [4.69, 9.17) is 33.2 Å². The predicted molar refractivity (Wildman–Crippen MR) is 146 cm³/mol. The Morgan fingerprint density at radius 1 is 0.628 bits per heavy atom. The van der Waals surface area contributed by atoms with Crippen LogP contribution >= 0.6 is 0 Å². The Morgan fingerprint density at radius 3 is 1.51 bits per heavy atom. The van der Waals surface area contributed by atoms with Crippen LogP contribution in [-0.4, -0.2) is 61.5 Å². The number of ether oxygens (including phenoxy) is 7. The van der Waals surface area contributed by atoms with Gasteiger partial charge in [0.25, 0.3) is 0 Å². The van der Waals surface area contributed by atoms with Crippen molar-refractivity contribution in [1.82, 2.24) is 0 Å². The molecule has 230 valence electrons. The van der Waals surface area contributed by atoms with Crippen molar-refractivity contribution in [2.45, 2.75) is 65.0 Å². The number of benzene rings is 1. The zero-order valence-corrected chi connectivity index (χ0v) is 24.8. The van der Waals surface area contributed by atoms with E-state index in [9.17, 15) is 19.2 Å². The van der Waals surface area contributed by atoms with Crippen LogP contribution in [0, 0.1) is 22.7 Å². The van der Waals surface area contributed by atoms with Crippen LogP contribution in [0.3, 0.4) is 0 Å². The number of carbonyl (C=O) groups is 4. The van der Waals surface area contributed by atoms with Gasteiger partial charge in [-0.15, -0.1) is 0 Å². The zero-order valence-electron chi connectivity index (χ0n) is 24.8. The molecule has 3 heterocycles. The normalized spacial score (nSPS) is 38.0. The number of esters is 4. The molecule has 0 radical (unpaired) electrons. The predicted octanol–water partition coefficient (Wildman–Crippen LogP) is 3.29. The highest BCUT2D eigenvalue weighted by Gasteiger charge is 2.70. The molecule has 11 nitrogen and oxygen atoms in total. The van der Waals surface area contributed by atoms with Crippen molar-refractivity contribution in [3.8, 4) is 0 Å². The Labute approximate surface area is 249 Å². The highest BCUT2D eigenvalue weighted by Crippen LogP contribution is 2.62. The van der Waals surface area contributed by atoms with Gasteiger partial charge in [0, 0.05) is 12.8 Å². The van der Waals surface area contributed by atoms with Gasteiger partial charge in [-0.2, -0.15) is 0 Å². The SMILES string of the molecule is C[C@@]12C[C@]3(C)C(=O)OCCOCCOC(=O)[C@@]4(C)C[C@]5(C)OC(=O)C=C(OCc6cccc(c6)COC(=CC(=O)O1)[C@@H]23)[C@@H]54. The van der Waals surface area contributed by atoms with Gasteiger partial charge in [0.15, 0.2) is 0 Å². The first-order valence-corrected chi connectivity index (χ1v) is 14.5. The second-order valence-electron chi connectivity index (χ2n) is 12.9. The molecule has 1 aromatic rings. The van der Waals surface area contributed by atoms with Crippen molar-refractivity contribution in [3.05, 3.63) is 59.1 Å². The first-order valence-electron chi connectivity index (χ1n) is 14.5. The van der Waals surface area contributed by atoms with Crippen LogP contribution < -0.4 is 0 Å². The van der Waals surface area contributed by atoms with Crippen LogP contribution in [0.5, 0.6) is 0 Å². The average molecular weight is 597 g/mol. The third-order valence-electron chi connectivity index (χ3n) is 9.35. The summed E-state index contributed by atoms with van der Waals surface area (Å²) in [5, 5.41) is 0. The van der Waals surface area contributed by atoms with Gasteiger partial charge in [-0.3, -0.25) is 9.59 Å². The maximum absolute atomic E-state index is 13.2. The third kappa shape index (κ3) is 4.97. The molecule has 43 heavy (non-hydrogen) atoms. The van der Waals surface area contributed by atoms with Crippen LogP contribution in [-0.2, 0) is 65.5 Å². The minimum absolute atomic E-state index is 0.00724. The van der Waals surface area contributed by atoms with Crippen molar-refractivity contribution in [1.29, 1.82) is 0 Å². The van der Waals surface area contributed by atoms with E-state index in [1.807, 2.05) is 24.3 Å². The van der Waals surface area contributed by atoms with Crippen molar-refractivity contribution in [2.24, 2.45) is 22.7 Å². The van der Waals surface area contributed by atoms with Crippen molar-refractivity contribution in [2.75, 3.05) is 26.4 Å². The molecule has 2 fully saturated rings. The Balaban J connectivity index is 1.26. The number of hydrogen-bond donors (Lipinski definition) is 0. The van der Waals surface area contributed by atoms with Gasteiger partial charge in [0.05, 0.1) is 48.0 Å². The standard InChI is InChI=1S/C32H36O11/c1-29-17-31(3)25(29)21(13-23(33)42-31)40-15-19-6-5-7-20(12-19)16-41-22-14-24(34)43-32(4)18-30(2,26(22)32)28(36)39-11-9-37-8-10-38-27(29)35/h5-7,12-14,25-26H,8-11,15-18H2,1-4H3/t25-,26-,29+,30+,31+,32+/m1/s1. The molecule has 11 heteroatoms. The summed E-state index contributed by atoms with van der Waals surface area (Å²) >= 11 is 0. The summed E-state index contributed by atoms with van der Waals surface area (Å²) < 4.78 is 40.2. The van der Waals surface area contributed by atoms with Gasteiger partial charge < -0.3 is 33.2 Å². The minimum atomic E-state index is -0.957. The van der Waals surface area contributed by atoms with E-state index in [2.05, 4.69) is 0 Å². The smallest absolute Gasteiger partial charge is 0.334 e. The van der Waals surface area contributed by atoms with E-state index in [1.165, 1.54) is 12.2 Å². The van der Waals surface area contributed by atoms with E-state index >= 15 is 0 Å². The van der Waals surface area contributed by atoms with Crippen molar-refractivity contribution < 1.29 is 52.3 Å². The van der Waals surface area contributed by atoms with Crippen LogP contribution in [0.4, 0.5) is 0 Å². The Hall–Kier alpha value is -3.86. The lowest BCUT2D eigenvalue weighted by atomic mass is 9.51. The molecule has 0 amide bonds. The molecule has 2 saturated carbocycles. The van der Waals surface area contributed by atoms with Crippen LogP contribution in [0.2, 0.25) is 0 Å². The van der Waals surface area contributed by atoms with Gasteiger partial charge in [-0.05, 0) is 44.9 Å². The summed E-state index contributed by atoms with van der Waals surface area (Å²) in [6, 6.07) is 7.51. The zero-order chi connectivity index (χ0) is 30.6. The summed E-state index contributed by atoms with van der Waals surface area (Å²) in [4.78, 5) is 51.2. The lowest BCUT2D eigenvalue weighted by Gasteiger charge is -2.58. The maximum Gasteiger partial charge on any atom is 0.334 e. The molecular weight excluding hydrogens is 560 g/mol. The lowest BCUT2D eigenvalue weighted by molar-refractivity contribution is -0.227. The van der Waals surface area contributed by atoms with E-state index in [1.54, 1.807) is 27.7 Å². The Morgan fingerprint density at radius 2 is 1.07 bits per heavy atom. The summed E-state index contributed by atoms with van der Waals surface area (Å²) in [5.74, 6) is -2.18. The largest absolute Gasteiger partial charge is 0.492 e. The van der Waals surface area contributed by atoms with Crippen LogP contribution in [0.15, 0.2) is 47.9 Å². The molecule has 6 rings (SSSR count). The highest BCUT2D eigenvalue weighted by atomic mass is 16.6.